The van der Waals surface area contributed by atoms with Crippen LogP contribution in [-0.4, -0.2) is 17.5 Å². The molecule has 0 heterocycles. The highest BCUT2D eigenvalue weighted by Crippen LogP contribution is 2.16. The maximum Gasteiger partial charge on any atom is 0.148 e. The number of benzene rings is 2. The van der Waals surface area contributed by atoms with Crippen molar-refractivity contribution in [2.45, 2.75) is 12.5 Å². The molecule has 2 rings (SSSR count). The van der Waals surface area contributed by atoms with E-state index in [4.69, 9.17) is 0 Å². The summed E-state index contributed by atoms with van der Waals surface area (Å²) in [5, 5.41) is 11.5. The highest BCUT2D eigenvalue weighted by Gasteiger charge is 2.03. The molecule has 0 aliphatic heterocycles. The quantitative estimate of drug-likeness (QED) is 0.769. The molecule has 0 saturated heterocycles. The number of rotatable bonds is 3. The number of carbonyl (C=O) groups excluding carboxylic acids is 1. The van der Waals surface area contributed by atoms with Crippen molar-refractivity contribution >= 4 is 17.1 Å². The highest BCUT2D eigenvalue weighted by atomic mass is 16.3. The van der Waals surface area contributed by atoms with Gasteiger partial charge in [0.1, 0.15) is 12.4 Å². The molecule has 15 heavy (non-hydrogen) atoms. The van der Waals surface area contributed by atoms with Crippen LogP contribution in [0, 0.1) is 0 Å². The van der Waals surface area contributed by atoms with Crippen molar-refractivity contribution < 1.29 is 9.90 Å². The van der Waals surface area contributed by atoms with E-state index < -0.39 is 6.10 Å². The summed E-state index contributed by atoms with van der Waals surface area (Å²) < 4.78 is 0. The molecule has 2 aromatic rings. The number of carbonyl (C=O) groups is 1. The Kier molecular flexibility index (Phi) is 2.79. The first-order chi connectivity index (χ1) is 7.29. The molecule has 2 heteroatoms. The first kappa shape index (κ1) is 9.87. The molecule has 1 unspecified atom stereocenters. The Bertz CT molecular complexity index is 477. The minimum Gasteiger partial charge on any atom is -0.385 e. The zero-order valence-corrected chi connectivity index (χ0v) is 8.26. The number of hydrogen-bond acceptors (Lipinski definition) is 2. The predicted octanol–water partition coefficient (Wildman–Crippen LogP) is 1.94. The first-order valence-corrected chi connectivity index (χ1v) is 4.90. The second-order valence-corrected chi connectivity index (χ2v) is 3.59. The van der Waals surface area contributed by atoms with Gasteiger partial charge in [0.25, 0.3) is 0 Å². The second kappa shape index (κ2) is 4.24. The van der Waals surface area contributed by atoms with Crippen LogP contribution >= 0.6 is 0 Å². The van der Waals surface area contributed by atoms with Crippen molar-refractivity contribution in [3.05, 3.63) is 48.0 Å². The third-order valence-corrected chi connectivity index (χ3v) is 2.42. The van der Waals surface area contributed by atoms with Crippen LogP contribution in [0.2, 0.25) is 0 Å². The molecule has 1 N–H and O–H groups in total. The largest absolute Gasteiger partial charge is 0.385 e. The van der Waals surface area contributed by atoms with Gasteiger partial charge in [-0.3, -0.25) is 0 Å². The van der Waals surface area contributed by atoms with E-state index in [-0.39, 0.29) is 0 Å². The van der Waals surface area contributed by atoms with Gasteiger partial charge in [0, 0.05) is 6.42 Å². The fourth-order valence-electron chi connectivity index (χ4n) is 1.66. The molecule has 0 amide bonds. The number of aliphatic hydroxyl groups excluding tert-OH is 1. The van der Waals surface area contributed by atoms with Gasteiger partial charge in [-0.1, -0.05) is 42.5 Å². The Labute approximate surface area is 88.2 Å². The molecule has 0 bridgehead atoms. The van der Waals surface area contributed by atoms with Crippen molar-refractivity contribution in [3.8, 4) is 0 Å². The molecule has 2 nitrogen and oxygen atoms in total. The van der Waals surface area contributed by atoms with Crippen LogP contribution in [0.1, 0.15) is 5.56 Å². The predicted molar refractivity (Wildman–Crippen MR) is 59.7 cm³/mol. The standard InChI is InChI=1S/C13H12O2/c14-9-13(15)8-10-5-6-11-3-1-2-4-12(11)7-10/h1-7,9,13,15H,8H2. The summed E-state index contributed by atoms with van der Waals surface area (Å²) >= 11 is 0. The summed E-state index contributed by atoms with van der Waals surface area (Å²) in [6.07, 6.45) is 0.0509. The van der Waals surface area contributed by atoms with Crippen LogP contribution in [-0.2, 0) is 11.2 Å². The summed E-state index contributed by atoms with van der Waals surface area (Å²) in [4.78, 5) is 10.3. The summed E-state index contributed by atoms with van der Waals surface area (Å²) in [5.41, 5.74) is 0.980. The summed E-state index contributed by atoms with van der Waals surface area (Å²) in [7, 11) is 0. The SMILES string of the molecule is O=CC(O)Cc1ccc2ccccc2c1. The van der Waals surface area contributed by atoms with E-state index in [1.807, 2.05) is 42.5 Å². The van der Waals surface area contributed by atoms with E-state index in [0.29, 0.717) is 12.7 Å². The highest BCUT2D eigenvalue weighted by molar-refractivity contribution is 5.83. The molecule has 2 aromatic carbocycles. The van der Waals surface area contributed by atoms with Crippen LogP contribution in [0.5, 0.6) is 0 Å². The van der Waals surface area contributed by atoms with Gasteiger partial charge in [-0.05, 0) is 16.3 Å². The van der Waals surface area contributed by atoms with Gasteiger partial charge in [-0.2, -0.15) is 0 Å². The number of aliphatic hydroxyl groups is 1. The lowest BCUT2D eigenvalue weighted by atomic mass is 10.0. The molecule has 0 saturated carbocycles. The number of hydrogen-bond donors (Lipinski definition) is 1. The number of fused-ring (bicyclic) bond motifs is 1. The van der Waals surface area contributed by atoms with Gasteiger partial charge in [-0.25, -0.2) is 0 Å². The summed E-state index contributed by atoms with van der Waals surface area (Å²) in [5.74, 6) is 0. The van der Waals surface area contributed by atoms with E-state index in [9.17, 15) is 9.90 Å². The molecule has 0 radical (unpaired) electrons. The molecular formula is C13H12O2. The van der Waals surface area contributed by atoms with Crippen LogP contribution < -0.4 is 0 Å². The Morgan fingerprint density at radius 3 is 2.60 bits per heavy atom. The van der Waals surface area contributed by atoms with Crippen molar-refractivity contribution in [1.29, 1.82) is 0 Å². The minimum absolute atomic E-state index is 0.383. The molecule has 1 atom stereocenters. The lowest BCUT2D eigenvalue weighted by molar-refractivity contribution is -0.114. The lowest BCUT2D eigenvalue weighted by Crippen LogP contribution is -2.11. The average Bonchev–Trinajstić information content (AvgIpc) is 2.29. The monoisotopic (exact) mass is 200 g/mol. The molecule has 76 valence electrons. The van der Waals surface area contributed by atoms with Crippen molar-refractivity contribution in [1.82, 2.24) is 0 Å². The first-order valence-electron chi connectivity index (χ1n) is 4.90. The van der Waals surface area contributed by atoms with E-state index in [0.717, 1.165) is 10.9 Å². The molecule has 0 aliphatic rings. The van der Waals surface area contributed by atoms with E-state index >= 15 is 0 Å². The summed E-state index contributed by atoms with van der Waals surface area (Å²) in [6, 6.07) is 14.0. The van der Waals surface area contributed by atoms with Crippen LogP contribution in [0.25, 0.3) is 10.8 Å². The lowest BCUT2D eigenvalue weighted by Gasteiger charge is -2.04. The maximum atomic E-state index is 10.3. The fraction of sp³-hybridized carbons (Fsp3) is 0.154. The number of aldehydes is 1. The Morgan fingerprint density at radius 2 is 1.87 bits per heavy atom. The van der Waals surface area contributed by atoms with Gasteiger partial charge < -0.3 is 9.90 Å². The Balaban J connectivity index is 2.34. The minimum atomic E-state index is -0.897. The molecule has 0 fully saturated rings. The maximum absolute atomic E-state index is 10.3. The normalized spacial score (nSPS) is 12.6. The van der Waals surface area contributed by atoms with Gasteiger partial charge >= 0.3 is 0 Å². The third kappa shape index (κ3) is 2.22. The van der Waals surface area contributed by atoms with Gasteiger partial charge in [0.05, 0.1) is 0 Å². The Hall–Kier alpha value is -1.67. The molecular weight excluding hydrogens is 188 g/mol. The second-order valence-electron chi connectivity index (χ2n) is 3.59. The fourth-order valence-corrected chi connectivity index (χ4v) is 1.66. The zero-order valence-electron chi connectivity index (χ0n) is 8.26. The van der Waals surface area contributed by atoms with Gasteiger partial charge in [-0.15, -0.1) is 0 Å². The van der Waals surface area contributed by atoms with Crippen LogP contribution in [0.15, 0.2) is 42.5 Å². The third-order valence-electron chi connectivity index (χ3n) is 2.42. The topological polar surface area (TPSA) is 37.3 Å². The Morgan fingerprint density at radius 1 is 1.13 bits per heavy atom. The van der Waals surface area contributed by atoms with E-state index in [1.165, 1.54) is 5.39 Å². The molecule has 0 spiro atoms. The summed E-state index contributed by atoms with van der Waals surface area (Å²) in [6.45, 7) is 0. The molecule has 0 aliphatic carbocycles. The smallest absolute Gasteiger partial charge is 0.148 e. The van der Waals surface area contributed by atoms with Crippen molar-refractivity contribution in [2.24, 2.45) is 0 Å². The van der Waals surface area contributed by atoms with Gasteiger partial charge in [0.2, 0.25) is 0 Å². The van der Waals surface area contributed by atoms with Crippen molar-refractivity contribution in [3.63, 3.8) is 0 Å². The van der Waals surface area contributed by atoms with Crippen molar-refractivity contribution in [2.75, 3.05) is 0 Å². The van der Waals surface area contributed by atoms with Crippen LogP contribution in [0.4, 0.5) is 0 Å². The molecule has 0 aromatic heterocycles. The average molecular weight is 200 g/mol. The van der Waals surface area contributed by atoms with Gasteiger partial charge in [0.15, 0.2) is 0 Å². The van der Waals surface area contributed by atoms with E-state index in [2.05, 4.69) is 0 Å². The van der Waals surface area contributed by atoms with E-state index in [1.54, 1.807) is 0 Å². The zero-order chi connectivity index (χ0) is 10.7. The van der Waals surface area contributed by atoms with Crippen LogP contribution in [0.3, 0.4) is 0 Å².